The maximum Gasteiger partial charge on any atom is 0.187 e. The van der Waals surface area contributed by atoms with Gasteiger partial charge < -0.3 is 0 Å². The quantitative estimate of drug-likeness (QED) is 0.419. The Labute approximate surface area is 83.5 Å². The van der Waals surface area contributed by atoms with Gasteiger partial charge in [-0.05, 0) is 12.0 Å². The monoisotopic (exact) mass is 194 g/mol. The fourth-order valence-corrected chi connectivity index (χ4v) is 1.71. The van der Waals surface area contributed by atoms with Crippen molar-refractivity contribution in [3.8, 4) is 0 Å². The van der Waals surface area contributed by atoms with Gasteiger partial charge >= 0.3 is 0 Å². The molecule has 0 aromatic carbocycles. The van der Waals surface area contributed by atoms with E-state index in [9.17, 15) is 0 Å². The van der Waals surface area contributed by atoms with E-state index in [2.05, 4.69) is 30.4 Å². The van der Waals surface area contributed by atoms with E-state index in [1.165, 1.54) is 0 Å². The number of thioether (sulfide) groups is 1. The van der Waals surface area contributed by atoms with Crippen LogP contribution in [0.1, 0.15) is 13.8 Å². The third-order valence-corrected chi connectivity index (χ3v) is 3.17. The van der Waals surface area contributed by atoms with Crippen molar-refractivity contribution in [3.63, 3.8) is 0 Å². The Balaban J connectivity index is 2.54. The second-order valence-corrected chi connectivity index (χ2v) is 4.29. The minimum Gasteiger partial charge on any atom is -0.231 e. The molecule has 2 nitrogen and oxygen atoms in total. The number of hydrogen-bond acceptors (Lipinski definition) is 3. The number of allylic oxidation sites excluding steroid dienone is 1. The molecule has 0 amide bonds. The number of rotatable bonds is 4. The van der Waals surface area contributed by atoms with Crippen LogP contribution < -0.4 is 0 Å². The van der Waals surface area contributed by atoms with Crippen molar-refractivity contribution < 1.29 is 0 Å². The molecule has 0 bridgehead atoms. The van der Waals surface area contributed by atoms with Crippen LogP contribution in [0.4, 0.5) is 0 Å². The van der Waals surface area contributed by atoms with E-state index < -0.39 is 0 Å². The van der Waals surface area contributed by atoms with Gasteiger partial charge in [-0.1, -0.05) is 31.7 Å². The molecule has 0 aliphatic carbocycles. The van der Waals surface area contributed by atoms with Gasteiger partial charge in [0.1, 0.15) is 0 Å². The first kappa shape index (κ1) is 10.3. The first-order valence-electron chi connectivity index (χ1n) is 4.30. The Bertz CT molecular complexity index is 261. The molecule has 1 aromatic heterocycles. The zero-order valence-electron chi connectivity index (χ0n) is 7.97. The molecule has 3 heteroatoms. The van der Waals surface area contributed by atoms with E-state index in [4.69, 9.17) is 0 Å². The summed E-state index contributed by atoms with van der Waals surface area (Å²) in [7, 11) is 0. The Morgan fingerprint density at radius 1 is 1.38 bits per heavy atom. The lowest BCUT2D eigenvalue weighted by atomic mass is 10.1. The summed E-state index contributed by atoms with van der Waals surface area (Å²) < 4.78 is 0. The van der Waals surface area contributed by atoms with Crippen molar-refractivity contribution >= 4 is 11.8 Å². The van der Waals surface area contributed by atoms with E-state index in [0.29, 0.717) is 11.2 Å². The minimum absolute atomic E-state index is 0.472. The van der Waals surface area contributed by atoms with Gasteiger partial charge in [0, 0.05) is 17.6 Å². The molecule has 0 radical (unpaired) electrons. The Morgan fingerprint density at radius 3 is 2.54 bits per heavy atom. The van der Waals surface area contributed by atoms with Crippen molar-refractivity contribution in [2.75, 3.05) is 0 Å². The van der Waals surface area contributed by atoms with Crippen LogP contribution in [0.15, 0.2) is 36.3 Å². The molecular weight excluding hydrogens is 180 g/mol. The smallest absolute Gasteiger partial charge is 0.187 e. The standard InChI is InChI=1S/C10H14N2S/c1-4-8(2)9(3)13-10-11-6-5-7-12-10/h4-9H,1H2,2-3H3/t8-,9+/m1/s1. The van der Waals surface area contributed by atoms with Gasteiger partial charge in [-0.15, -0.1) is 6.58 Å². The van der Waals surface area contributed by atoms with Gasteiger partial charge in [-0.2, -0.15) is 0 Å². The molecule has 0 fully saturated rings. The molecule has 0 saturated carbocycles. The first-order chi connectivity index (χ1) is 6.24. The SMILES string of the molecule is C=C[C@@H](C)[C@H](C)Sc1ncccn1. The van der Waals surface area contributed by atoms with Crippen LogP contribution in [0, 0.1) is 5.92 Å². The fraction of sp³-hybridized carbons (Fsp3) is 0.400. The Hall–Kier alpha value is -0.830. The molecule has 0 saturated heterocycles. The summed E-state index contributed by atoms with van der Waals surface area (Å²) in [5.41, 5.74) is 0. The van der Waals surface area contributed by atoms with E-state index in [1.807, 2.05) is 12.1 Å². The normalized spacial score (nSPS) is 14.9. The highest BCUT2D eigenvalue weighted by atomic mass is 32.2. The maximum atomic E-state index is 4.15. The lowest BCUT2D eigenvalue weighted by molar-refractivity contribution is 0.714. The molecule has 0 unspecified atom stereocenters. The zero-order chi connectivity index (χ0) is 9.68. The molecule has 1 rings (SSSR count). The van der Waals surface area contributed by atoms with Crippen molar-refractivity contribution in [1.29, 1.82) is 0 Å². The third-order valence-electron chi connectivity index (χ3n) is 1.95. The molecular formula is C10H14N2S. The maximum absolute atomic E-state index is 4.15. The predicted molar refractivity (Wildman–Crippen MR) is 56.7 cm³/mol. The van der Waals surface area contributed by atoms with Crippen LogP contribution in [0.2, 0.25) is 0 Å². The van der Waals surface area contributed by atoms with E-state index in [0.717, 1.165) is 5.16 Å². The van der Waals surface area contributed by atoms with Gasteiger partial charge in [-0.3, -0.25) is 0 Å². The Morgan fingerprint density at radius 2 is 2.00 bits per heavy atom. The molecule has 2 atom stereocenters. The average Bonchev–Trinajstić information content (AvgIpc) is 2.18. The lowest BCUT2D eigenvalue weighted by Gasteiger charge is -2.13. The van der Waals surface area contributed by atoms with Crippen molar-refractivity contribution in [1.82, 2.24) is 9.97 Å². The lowest BCUT2D eigenvalue weighted by Crippen LogP contribution is -2.07. The highest BCUT2D eigenvalue weighted by molar-refractivity contribution is 7.99. The topological polar surface area (TPSA) is 25.8 Å². The van der Waals surface area contributed by atoms with E-state index >= 15 is 0 Å². The summed E-state index contributed by atoms with van der Waals surface area (Å²) in [5, 5.41) is 1.31. The molecule has 0 spiro atoms. The van der Waals surface area contributed by atoms with Crippen LogP contribution in [-0.2, 0) is 0 Å². The second kappa shape index (κ2) is 5.02. The average molecular weight is 194 g/mol. The first-order valence-corrected chi connectivity index (χ1v) is 5.18. The summed E-state index contributed by atoms with van der Waals surface area (Å²) >= 11 is 1.68. The number of nitrogens with zero attached hydrogens (tertiary/aromatic N) is 2. The van der Waals surface area contributed by atoms with Crippen molar-refractivity contribution in [2.45, 2.75) is 24.3 Å². The van der Waals surface area contributed by atoms with Crippen LogP contribution >= 0.6 is 11.8 Å². The van der Waals surface area contributed by atoms with Crippen LogP contribution in [0.25, 0.3) is 0 Å². The molecule has 1 aromatic rings. The second-order valence-electron chi connectivity index (χ2n) is 2.95. The minimum atomic E-state index is 0.472. The zero-order valence-corrected chi connectivity index (χ0v) is 8.79. The largest absolute Gasteiger partial charge is 0.231 e. The highest BCUT2D eigenvalue weighted by Crippen LogP contribution is 2.24. The molecule has 70 valence electrons. The van der Waals surface area contributed by atoms with E-state index in [-0.39, 0.29) is 0 Å². The molecule has 13 heavy (non-hydrogen) atoms. The summed E-state index contributed by atoms with van der Waals surface area (Å²) in [6.45, 7) is 8.08. The Kier molecular flexibility index (Phi) is 3.96. The van der Waals surface area contributed by atoms with Crippen molar-refractivity contribution in [3.05, 3.63) is 31.1 Å². The highest BCUT2D eigenvalue weighted by Gasteiger charge is 2.11. The molecule has 0 aliphatic rings. The summed E-state index contributed by atoms with van der Waals surface area (Å²) in [6, 6.07) is 1.83. The van der Waals surface area contributed by atoms with Crippen LogP contribution in [0.3, 0.4) is 0 Å². The number of aromatic nitrogens is 2. The van der Waals surface area contributed by atoms with Gasteiger partial charge in [-0.25, -0.2) is 9.97 Å². The molecule has 1 heterocycles. The van der Waals surface area contributed by atoms with Gasteiger partial charge in [0.15, 0.2) is 5.16 Å². The summed E-state index contributed by atoms with van der Waals surface area (Å²) in [4.78, 5) is 8.31. The summed E-state index contributed by atoms with van der Waals surface area (Å²) in [6.07, 6.45) is 5.49. The van der Waals surface area contributed by atoms with Crippen molar-refractivity contribution in [2.24, 2.45) is 5.92 Å². The number of hydrogen-bond donors (Lipinski definition) is 0. The third kappa shape index (κ3) is 3.19. The van der Waals surface area contributed by atoms with Crippen LogP contribution in [-0.4, -0.2) is 15.2 Å². The van der Waals surface area contributed by atoms with E-state index in [1.54, 1.807) is 24.2 Å². The van der Waals surface area contributed by atoms with Gasteiger partial charge in [0.2, 0.25) is 0 Å². The van der Waals surface area contributed by atoms with Gasteiger partial charge in [0.05, 0.1) is 0 Å². The van der Waals surface area contributed by atoms with Crippen LogP contribution in [0.5, 0.6) is 0 Å². The fourth-order valence-electron chi connectivity index (χ4n) is 0.812. The van der Waals surface area contributed by atoms with Gasteiger partial charge in [0.25, 0.3) is 0 Å². The predicted octanol–water partition coefficient (Wildman–Crippen LogP) is 2.78. The molecule has 0 N–H and O–H groups in total. The summed E-state index contributed by atoms with van der Waals surface area (Å²) in [5.74, 6) is 0.480. The molecule has 0 aliphatic heterocycles.